The van der Waals surface area contributed by atoms with Crippen LogP contribution in [0, 0.1) is 0 Å². The fourth-order valence-corrected chi connectivity index (χ4v) is 2.26. The molecular weight excluding hydrogens is 188 g/mol. The number of nitrogens with zero attached hydrogens (tertiary/aromatic N) is 1. The van der Waals surface area contributed by atoms with Crippen LogP contribution in [0.1, 0.15) is 26.2 Å². The van der Waals surface area contributed by atoms with Gasteiger partial charge in [-0.3, -0.25) is 0 Å². The first-order valence-corrected chi connectivity index (χ1v) is 5.53. The first kappa shape index (κ1) is 10.1. The third-order valence-electron chi connectivity index (χ3n) is 3.12. The Hall–Kier alpha value is -1.38. The molecule has 0 bridgehead atoms. The van der Waals surface area contributed by atoms with E-state index in [4.69, 9.17) is 5.73 Å². The zero-order valence-electron chi connectivity index (χ0n) is 9.11. The molecule has 1 aromatic rings. The van der Waals surface area contributed by atoms with E-state index in [1.165, 1.54) is 19.3 Å². The van der Waals surface area contributed by atoms with E-state index in [1.54, 1.807) is 12.1 Å². The maximum atomic E-state index is 9.30. The third kappa shape index (κ3) is 2.01. The van der Waals surface area contributed by atoms with Gasteiger partial charge in [0.25, 0.3) is 0 Å². The molecule has 1 saturated heterocycles. The summed E-state index contributed by atoms with van der Waals surface area (Å²) < 4.78 is 0. The molecule has 15 heavy (non-hydrogen) atoms. The summed E-state index contributed by atoms with van der Waals surface area (Å²) >= 11 is 0. The number of hydrogen-bond acceptors (Lipinski definition) is 3. The summed E-state index contributed by atoms with van der Waals surface area (Å²) in [6, 6.07) is 5.78. The van der Waals surface area contributed by atoms with Gasteiger partial charge in [0.1, 0.15) is 5.75 Å². The lowest BCUT2D eigenvalue weighted by molar-refractivity contribution is 0.473. The van der Waals surface area contributed by atoms with Gasteiger partial charge in [-0.1, -0.05) is 0 Å². The number of phenolic OH excluding ortho intramolecular Hbond substituents is 1. The van der Waals surface area contributed by atoms with Crippen LogP contribution in [-0.2, 0) is 0 Å². The monoisotopic (exact) mass is 206 g/mol. The Kier molecular flexibility index (Phi) is 2.71. The standard InChI is InChI=1S/C12H18N2O/c1-9-4-2-3-7-14(9)12-6-5-10(15)8-11(12)13/h5-6,8-9,15H,2-4,7,13H2,1H3. The van der Waals surface area contributed by atoms with Crippen LogP contribution >= 0.6 is 0 Å². The maximum Gasteiger partial charge on any atom is 0.117 e. The second kappa shape index (κ2) is 4.01. The van der Waals surface area contributed by atoms with Crippen LogP contribution in [-0.4, -0.2) is 17.7 Å². The molecule has 1 unspecified atom stereocenters. The molecule has 1 fully saturated rings. The Balaban J connectivity index is 2.27. The molecule has 1 aromatic carbocycles. The van der Waals surface area contributed by atoms with Crippen molar-refractivity contribution in [2.24, 2.45) is 0 Å². The van der Waals surface area contributed by atoms with Crippen LogP contribution in [0.2, 0.25) is 0 Å². The highest BCUT2D eigenvalue weighted by atomic mass is 16.3. The predicted octanol–water partition coefficient (Wildman–Crippen LogP) is 2.35. The number of phenols is 1. The van der Waals surface area contributed by atoms with Crippen LogP contribution in [0.15, 0.2) is 18.2 Å². The molecule has 0 saturated carbocycles. The molecule has 3 heteroatoms. The van der Waals surface area contributed by atoms with E-state index in [0.29, 0.717) is 11.7 Å². The number of anilines is 2. The van der Waals surface area contributed by atoms with E-state index in [1.807, 2.05) is 6.07 Å². The smallest absolute Gasteiger partial charge is 0.117 e. The molecule has 3 N–H and O–H groups in total. The van der Waals surface area contributed by atoms with Gasteiger partial charge >= 0.3 is 0 Å². The Labute approximate surface area is 90.5 Å². The number of hydrogen-bond donors (Lipinski definition) is 2. The molecule has 1 aliphatic rings. The van der Waals surface area contributed by atoms with E-state index in [-0.39, 0.29) is 5.75 Å². The van der Waals surface area contributed by atoms with Gasteiger partial charge in [0.2, 0.25) is 0 Å². The third-order valence-corrected chi connectivity index (χ3v) is 3.12. The van der Waals surface area contributed by atoms with Gasteiger partial charge in [-0.15, -0.1) is 0 Å². The van der Waals surface area contributed by atoms with Crippen molar-refractivity contribution in [1.29, 1.82) is 0 Å². The van der Waals surface area contributed by atoms with Crippen molar-refractivity contribution in [3.63, 3.8) is 0 Å². The lowest BCUT2D eigenvalue weighted by atomic mass is 10.0. The van der Waals surface area contributed by atoms with Gasteiger partial charge in [0.15, 0.2) is 0 Å². The van der Waals surface area contributed by atoms with Crippen molar-refractivity contribution in [3.05, 3.63) is 18.2 Å². The molecule has 2 rings (SSSR count). The number of nitrogen functional groups attached to an aromatic ring is 1. The lowest BCUT2D eigenvalue weighted by Gasteiger charge is -2.36. The van der Waals surface area contributed by atoms with E-state index in [9.17, 15) is 5.11 Å². The molecule has 1 heterocycles. The molecule has 82 valence electrons. The topological polar surface area (TPSA) is 49.5 Å². The van der Waals surface area contributed by atoms with Gasteiger partial charge in [-0.25, -0.2) is 0 Å². The predicted molar refractivity (Wildman–Crippen MR) is 63.2 cm³/mol. The lowest BCUT2D eigenvalue weighted by Crippen LogP contribution is -2.37. The molecular formula is C12H18N2O. The number of aromatic hydroxyl groups is 1. The highest BCUT2D eigenvalue weighted by Crippen LogP contribution is 2.31. The summed E-state index contributed by atoms with van der Waals surface area (Å²) in [6.07, 6.45) is 3.75. The first-order valence-electron chi connectivity index (χ1n) is 5.53. The molecule has 0 amide bonds. The summed E-state index contributed by atoms with van der Waals surface area (Å²) in [4.78, 5) is 2.33. The van der Waals surface area contributed by atoms with Gasteiger partial charge in [-0.05, 0) is 38.3 Å². The van der Waals surface area contributed by atoms with Gasteiger partial charge in [0, 0.05) is 18.7 Å². The summed E-state index contributed by atoms with van der Waals surface area (Å²) in [6.45, 7) is 3.29. The minimum Gasteiger partial charge on any atom is -0.508 e. The van der Waals surface area contributed by atoms with Crippen LogP contribution < -0.4 is 10.6 Å². The van der Waals surface area contributed by atoms with Crippen molar-refractivity contribution in [2.75, 3.05) is 17.2 Å². The molecule has 0 radical (unpaired) electrons. The molecule has 1 aliphatic heterocycles. The molecule has 0 spiro atoms. The average Bonchev–Trinajstić information content (AvgIpc) is 2.20. The van der Waals surface area contributed by atoms with Crippen molar-refractivity contribution in [2.45, 2.75) is 32.2 Å². The molecule has 1 atom stereocenters. The van der Waals surface area contributed by atoms with Crippen molar-refractivity contribution in [3.8, 4) is 5.75 Å². The van der Waals surface area contributed by atoms with Crippen LogP contribution in [0.3, 0.4) is 0 Å². The first-order chi connectivity index (χ1) is 7.18. The van der Waals surface area contributed by atoms with E-state index in [2.05, 4.69) is 11.8 Å². The van der Waals surface area contributed by atoms with Crippen molar-refractivity contribution in [1.82, 2.24) is 0 Å². The van der Waals surface area contributed by atoms with Crippen LogP contribution in [0.4, 0.5) is 11.4 Å². The minimum atomic E-state index is 0.237. The SMILES string of the molecule is CC1CCCCN1c1ccc(O)cc1N. The fraction of sp³-hybridized carbons (Fsp3) is 0.500. The van der Waals surface area contributed by atoms with Crippen molar-refractivity contribution < 1.29 is 5.11 Å². The van der Waals surface area contributed by atoms with E-state index >= 15 is 0 Å². The van der Waals surface area contributed by atoms with Crippen LogP contribution in [0.5, 0.6) is 5.75 Å². The Morgan fingerprint density at radius 3 is 2.87 bits per heavy atom. The number of benzene rings is 1. The zero-order valence-corrected chi connectivity index (χ0v) is 9.11. The summed E-state index contributed by atoms with van der Waals surface area (Å²) in [7, 11) is 0. The zero-order chi connectivity index (χ0) is 10.8. The normalized spacial score (nSPS) is 21.7. The summed E-state index contributed by atoms with van der Waals surface area (Å²) in [5, 5.41) is 9.30. The summed E-state index contributed by atoms with van der Waals surface area (Å²) in [5.74, 6) is 0.237. The Morgan fingerprint density at radius 1 is 1.40 bits per heavy atom. The maximum absolute atomic E-state index is 9.30. The van der Waals surface area contributed by atoms with Gasteiger partial charge in [-0.2, -0.15) is 0 Å². The van der Waals surface area contributed by atoms with E-state index in [0.717, 1.165) is 12.2 Å². The molecule has 3 nitrogen and oxygen atoms in total. The molecule has 0 aliphatic carbocycles. The second-order valence-corrected chi connectivity index (χ2v) is 4.28. The largest absolute Gasteiger partial charge is 0.508 e. The Morgan fingerprint density at radius 2 is 2.20 bits per heavy atom. The van der Waals surface area contributed by atoms with E-state index < -0.39 is 0 Å². The van der Waals surface area contributed by atoms with Crippen molar-refractivity contribution >= 4 is 11.4 Å². The van der Waals surface area contributed by atoms with Gasteiger partial charge < -0.3 is 15.7 Å². The average molecular weight is 206 g/mol. The molecule has 0 aromatic heterocycles. The number of nitrogens with two attached hydrogens (primary N) is 1. The fourth-order valence-electron chi connectivity index (χ4n) is 2.26. The summed E-state index contributed by atoms with van der Waals surface area (Å²) in [5.41, 5.74) is 7.64. The van der Waals surface area contributed by atoms with Crippen LogP contribution in [0.25, 0.3) is 0 Å². The Bertz CT molecular complexity index is 351. The second-order valence-electron chi connectivity index (χ2n) is 4.28. The highest BCUT2D eigenvalue weighted by molar-refractivity contribution is 5.69. The van der Waals surface area contributed by atoms with Gasteiger partial charge in [0.05, 0.1) is 11.4 Å². The number of piperidine rings is 1. The highest BCUT2D eigenvalue weighted by Gasteiger charge is 2.20. The minimum absolute atomic E-state index is 0.237. The number of rotatable bonds is 1. The quantitative estimate of drug-likeness (QED) is 0.693.